The summed E-state index contributed by atoms with van der Waals surface area (Å²) in [6.07, 6.45) is 0.970. The van der Waals surface area contributed by atoms with Gasteiger partial charge in [-0.25, -0.2) is 8.42 Å². The summed E-state index contributed by atoms with van der Waals surface area (Å²) in [4.78, 5) is 23.0. The lowest BCUT2D eigenvalue weighted by atomic mass is 10.1. The average Bonchev–Trinajstić information content (AvgIpc) is 2.58. The van der Waals surface area contributed by atoms with Gasteiger partial charge in [-0.2, -0.15) is 0 Å². The fraction of sp³-hybridized carbons (Fsp3) is 0.235. The van der Waals surface area contributed by atoms with E-state index in [1.165, 1.54) is 25.1 Å². The second-order valence-electron chi connectivity index (χ2n) is 6.08. The minimum Gasteiger partial charge on any atom is -0.323 e. The van der Waals surface area contributed by atoms with Crippen molar-refractivity contribution >= 4 is 56.2 Å². The van der Waals surface area contributed by atoms with Crippen LogP contribution in [0.1, 0.15) is 12.5 Å². The van der Waals surface area contributed by atoms with Crippen molar-refractivity contribution in [2.75, 3.05) is 15.9 Å². The molecule has 0 aromatic heterocycles. The lowest BCUT2D eigenvalue weighted by molar-refractivity contribution is -0.384. The van der Waals surface area contributed by atoms with Crippen LogP contribution >= 0.6 is 23.2 Å². The Morgan fingerprint density at radius 2 is 1.86 bits per heavy atom. The highest BCUT2D eigenvalue weighted by molar-refractivity contribution is 7.92. The predicted octanol–water partition coefficient (Wildman–Crippen LogP) is 4.00. The standard InChI is InChI=1S/C17H17Cl2N3O5S/c1-10-4-5-12(18)8-16(10)21(28(3,26)27)11(2)17(23)20-15-9-13(22(24)25)6-7-14(15)19/h4-9,11H,1-3H3,(H,20,23)/t11-/m1/s1. The van der Waals surface area contributed by atoms with E-state index < -0.39 is 26.9 Å². The first kappa shape index (κ1) is 21.9. The van der Waals surface area contributed by atoms with E-state index in [-0.39, 0.29) is 22.1 Å². The topological polar surface area (TPSA) is 110 Å². The first-order valence-electron chi connectivity index (χ1n) is 7.92. The van der Waals surface area contributed by atoms with Crippen molar-refractivity contribution in [3.05, 3.63) is 62.1 Å². The second-order valence-corrected chi connectivity index (χ2v) is 8.78. The summed E-state index contributed by atoms with van der Waals surface area (Å²) >= 11 is 12.0. The summed E-state index contributed by atoms with van der Waals surface area (Å²) in [5, 5.41) is 13.8. The quantitative estimate of drug-likeness (QED) is 0.533. The van der Waals surface area contributed by atoms with Gasteiger partial charge < -0.3 is 5.32 Å². The van der Waals surface area contributed by atoms with Crippen LogP contribution in [0, 0.1) is 17.0 Å². The maximum atomic E-state index is 12.7. The van der Waals surface area contributed by atoms with Gasteiger partial charge >= 0.3 is 0 Å². The summed E-state index contributed by atoms with van der Waals surface area (Å²) in [7, 11) is -3.85. The molecule has 2 aromatic rings. The average molecular weight is 446 g/mol. The molecule has 28 heavy (non-hydrogen) atoms. The number of nitrogens with one attached hydrogen (secondary N) is 1. The van der Waals surface area contributed by atoms with Crippen molar-refractivity contribution in [2.45, 2.75) is 19.9 Å². The lowest BCUT2D eigenvalue weighted by Gasteiger charge is -2.29. The zero-order valence-electron chi connectivity index (χ0n) is 15.1. The number of aryl methyl sites for hydroxylation is 1. The number of amides is 1. The van der Waals surface area contributed by atoms with Gasteiger partial charge in [-0.05, 0) is 37.6 Å². The fourth-order valence-corrected chi connectivity index (χ4v) is 4.12. The minimum absolute atomic E-state index is 0.00369. The third-order valence-electron chi connectivity index (χ3n) is 3.92. The van der Waals surface area contributed by atoms with Gasteiger partial charge in [0.2, 0.25) is 15.9 Å². The number of carbonyl (C=O) groups is 1. The molecule has 0 saturated heterocycles. The molecule has 0 spiro atoms. The molecule has 0 saturated carbocycles. The summed E-state index contributed by atoms with van der Waals surface area (Å²) in [5.74, 6) is -0.716. The Kier molecular flexibility index (Phi) is 6.53. The summed E-state index contributed by atoms with van der Waals surface area (Å²) in [6, 6.07) is 7.08. The number of anilines is 2. The number of hydrogen-bond donors (Lipinski definition) is 1. The molecular formula is C17H17Cl2N3O5S. The molecule has 11 heteroatoms. The number of halogens is 2. The van der Waals surface area contributed by atoms with E-state index in [0.29, 0.717) is 10.6 Å². The highest BCUT2D eigenvalue weighted by atomic mass is 35.5. The molecule has 0 aliphatic heterocycles. The molecule has 0 aliphatic carbocycles. The number of benzene rings is 2. The van der Waals surface area contributed by atoms with E-state index in [1.54, 1.807) is 19.1 Å². The highest BCUT2D eigenvalue weighted by Gasteiger charge is 2.31. The van der Waals surface area contributed by atoms with E-state index >= 15 is 0 Å². The molecule has 1 N–H and O–H groups in total. The number of rotatable bonds is 6. The molecule has 150 valence electrons. The van der Waals surface area contributed by atoms with E-state index in [1.807, 2.05) is 0 Å². The van der Waals surface area contributed by atoms with Crippen molar-refractivity contribution in [2.24, 2.45) is 0 Å². The van der Waals surface area contributed by atoms with Crippen LogP contribution in [-0.4, -0.2) is 31.5 Å². The van der Waals surface area contributed by atoms with Gasteiger partial charge in [-0.3, -0.25) is 19.2 Å². The van der Waals surface area contributed by atoms with Crippen LogP contribution in [0.15, 0.2) is 36.4 Å². The van der Waals surface area contributed by atoms with Crippen molar-refractivity contribution in [1.82, 2.24) is 0 Å². The fourth-order valence-electron chi connectivity index (χ4n) is 2.56. The van der Waals surface area contributed by atoms with Gasteiger partial charge in [0.1, 0.15) is 6.04 Å². The molecule has 0 aliphatic rings. The zero-order chi connectivity index (χ0) is 21.2. The zero-order valence-corrected chi connectivity index (χ0v) is 17.5. The molecule has 2 rings (SSSR count). The van der Waals surface area contributed by atoms with Gasteiger partial charge in [0.15, 0.2) is 0 Å². The summed E-state index contributed by atoms with van der Waals surface area (Å²) in [6.45, 7) is 3.08. The smallest absolute Gasteiger partial charge is 0.271 e. The van der Waals surface area contributed by atoms with Crippen LogP contribution < -0.4 is 9.62 Å². The molecule has 0 unspecified atom stereocenters. The Morgan fingerprint density at radius 3 is 2.43 bits per heavy atom. The molecule has 1 amide bonds. The van der Waals surface area contributed by atoms with Crippen molar-refractivity contribution in [3.8, 4) is 0 Å². The van der Waals surface area contributed by atoms with Crippen LogP contribution in [0.4, 0.5) is 17.1 Å². The first-order chi connectivity index (χ1) is 12.9. The predicted molar refractivity (Wildman–Crippen MR) is 110 cm³/mol. The van der Waals surface area contributed by atoms with Crippen LogP contribution in [0.3, 0.4) is 0 Å². The molecule has 0 fully saturated rings. The molecule has 2 aromatic carbocycles. The molecular weight excluding hydrogens is 429 g/mol. The van der Waals surface area contributed by atoms with Crippen LogP contribution in [0.2, 0.25) is 10.0 Å². The van der Waals surface area contributed by atoms with Crippen molar-refractivity contribution in [1.29, 1.82) is 0 Å². The molecule has 1 atom stereocenters. The number of nitrogens with zero attached hydrogens (tertiary/aromatic N) is 2. The maximum absolute atomic E-state index is 12.7. The first-order valence-corrected chi connectivity index (χ1v) is 10.5. The Balaban J connectivity index is 2.42. The summed E-state index contributed by atoms with van der Waals surface area (Å²) in [5.41, 5.74) is 0.590. The van der Waals surface area contributed by atoms with Gasteiger partial charge in [-0.1, -0.05) is 29.3 Å². The number of hydrogen-bond acceptors (Lipinski definition) is 5. The number of carbonyl (C=O) groups excluding carboxylic acids is 1. The van der Waals surface area contributed by atoms with E-state index in [9.17, 15) is 23.3 Å². The highest BCUT2D eigenvalue weighted by Crippen LogP contribution is 2.30. The van der Waals surface area contributed by atoms with Crippen molar-refractivity contribution < 1.29 is 18.1 Å². The Labute approximate surface area is 172 Å². The van der Waals surface area contributed by atoms with E-state index in [4.69, 9.17) is 23.2 Å². The van der Waals surface area contributed by atoms with Gasteiger partial charge in [0.25, 0.3) is 5.69 Å². The lowest BCUT2D eigenvalue weighted by Crippen LogP contribution is -2.45. The van der Waals surface area contributed by atoms with Crippen LogP contribution in [-0.2, 0) is 14.8 Å². The van der Waals surface area contributed by atoms with E-state index in [0.717, 1.165) is 16.6 Å². The van der Waals surface area contributed by atoms with Crippen LogP contribution in [0.25, 0.3) is 0 Å². The monoisotopic (exact) mass is 445 g/mol. The number of sulfonamides is 1. The Hall–Kier alpha value is -2.36. The molecule has 0 heterocycles. The number of nitro benzene ring substituents is 1. The molecule has 8 nitrogen and oxygen atoms in total. The van der Waals surface area contributed by atoms with Gasteiger partial charge in [-0.15, -0.1) is 0 Å². The number of non-ortho nitro benzene ring substituents is 1. The Bertz CT molecular complexity index is 1040. The molecule has 0 bridgehead atoms. The number of nitro groups is 1. The van der Waals surface area contributed by atoms with Gasteiger partial charge in [0.05, 0.1) is 27.6 Å². The molecule has 0 radical (unpaired) electrons. The normalized spacial score (nSPS) is 12.3. The Morgan fingerprint density at radius 1 is 1.21 bits per heavy atom. The van der Waals surface area contributed by atoms with E-state index in [2.05, 4.69) is 5.32 Å². The third-order valence-corrected chi connectivity index (χ3v) is 5.71. The van der Waals surface area contributed by atoms with Crippen LogP contribution in [0.5, 0.6) is 0 Å². The third kappa shape index (κ3) is 4.92. The SMILES string of the molecule is Cc1ccc(Cl)cc1N([C@H](C)C(=O)Nc1cc([N+](=O)[O-])ccc1Cl)S(C)(=O)=O. The van der Waals surface area contributed by atoms with Gasteiger partial charge in [0, 0.05) is 17.2 Å². The second kappa shape index (κ2) is 8.34. The van der Waals surface area contributed by atoms with Crippen molar-refractivity contribution in [3.63, 3.8) is 0 Å². The maximum Gasteiger partial charge on any atom is 0.271 e. The summed E-state index contributed by atoms with van der Waals surface area (Å²) < 4.78 is 25.7. The minimum atomic E-state index is -3.85. The largest absolute Gasteiger partial charge is 0.323 e.